The summed E-state index contributed by atoms with van der Waals surface area (Å²) in [6.45, 7) is 4.40. The van der Waals surface area contributed by atoms with Gasteiger partial charge in [-0.1, -0.05) is 13.0 Å². The molecular weight excluding hydrogens is 395 g/mol. The third-order valence-corrected chi connectivity index (χ3v) is 6.13. The molecule has 3 heterocycles. The molecule has 0 saturated carbocycles. The molecule has 1 saturated heterocycles. The molecule has 1 fully saturated rings. The lowest BCUT2D eigenvalue weighted by atomic mass is 9.88. The van der Waals surface area contributed by atoms with Gasteiger partial charge in [-0.05, 0) is 73.7 Å². The van der Waals surface area contributed by atoms with E-state index in [1.807, 2.05) is 25.3 Å². The predicted molar refractivity (Wildman–Crippen MR) is 119 cm³/mol. The summed E-state index contributed by atoms with van der Waals surface area (Å²) in [5.74, 6) is -0.446. The van der Waals surface area contributed by atoms with E-state index in [1.54, 1.807) is 12.1 Å². The Hall–Kier alpha value is -3.06. The molecule has 1 aliphatic heterocycles. The van der Waals surface area contributed by atoms with Crippen LogP contribution in [-0.2, 0) is 13.0 Å². The minimum Gasteiger partial charge on any atom is -0.355 e. The summed E-state index contributed by atoms with van der Waals surface area (Å²) < 4.78 is 14.6. The van der Waals surface area contributed by atoms with Gasteiger partial charge in [0.2, 0.25) is 0 Å². The number of aromatic nitrogens is 2. The van der Waals surface area contributed by atoms with E-state index >= 15 is 0 Å². The molecule has 3 aromatic rings. The Balaban J connectivity index is 1.41. The number of aromatic amines is 1. The molecule has 0 radical (unpaired) electrons. The summed E-state index contributed by atoms with van der Waals surface area (Å²) in [6, 6.07) is 8.61. The lowest BCUT2D eigenvalue weighted by molar-refractivity contribution is 0.0962. The second-order valence-corrected chi connectivity index (χ2v) is 8.12. The van der Waals surface area contributed by atoms with Crippen molar-refractivity contribution in [1.29, 1.82) is 0 Å². The molecule has 1 amide bonds. The third kappa shape index (κ3) is 4.51. The fourth-order valence-electron chi connectivity index (χ4n) is 4.32. The third-order valence-electron chi connectivity index (χ3n) is 6.13. The second kappa shape index (κ2) is 8.98. The maximum atomic E-state index is 14.6. The quantitative estimate of drug-likeness (QED) is 0.661. The van der Waals surface area contributed by atoms with Crippen molar-refractivity contribution in [2.75, 3.05) is 20.1 Å². The molecule has 4 rings (SSSR count). The van der Waals surface area contributed by atoms with Crippen molar-refractivity contribution >= 4 is 16.9 Å². The molecule has 2 N–H and O–H groups in total. The number of amides is 1. The first kappa shape index (κ1) is 21.2. The van der Waals surface area contributed by atoms with Crippen LogP contribution in [0.5, 0.6) is 0 Å². The molecule has 0 atom stereocenters. The van der Waals surface area contributed by atoms with E-state index in [1.165, 1.54) is 13.1 Å². The Bertz CT molecular complexity index is 1170. The lowest BCUT2D eigenvalue weighted by Gasteiger charge is -2.32. The van der Waals surface area contributed by atoms with Crippen LogP contribution in [0.2, 0.25) is 0 Å². The van der Waals surface area contributed by atoms with Gasteiger partial charge in [0.25, 0.3) is 11.5 Å². The molecule has 2 aromatic heterocycles. The monoisotopic (exact) mass is 422 g/mol. The molecule has 31 heavy (non-hydrogen) atoms. The number of rotatable bonds is 5. The number of carbonyl (C=O) groups is 1. The number of hydrogen-bond donors (Lipinski definition) is 2. The van der Waals surface area contributed by atoms with E-state index in [0.717, 1.165) is 54.6 Å². The highest BCUT2D eigenvalue weighted by atomic mass is 19.1. The number of carbonyl (C=O) groups excluding carboxylic acids is 1. The van der Waals surface area contributed by atoms with E-state index in [4.69, 9.17) is 0 Å². The minimum absolute atomic E-state index is 0.0563. The van der Waals surface area contributed by atoms with Crippen LogP contribution in [0.25, 0.3) is 11.0 Å². The van der Waals surface area contributed by atoms with Gasteiger partial charge in [-0.25, -0.2) is 4.39 Å². The van der Waals surface area contributed by atoms with E-state index in [0.29, 0.717) is 17.5 Å². The zero-order valence-electron chi connectivity index (χ0n) is 17.9. The van der Waals surface area contributed by atoms with E-state index in [9.17, 15) is 14.0 Å². The van der Waals surface area contributed by atoms with E-state index in [2.05, 4.69) is 20.2 Å². The Kier molecular flexibility index (Phi) is 6.13. The van der Waals surface area contributed by atoms with Crippen LogP contribution in [0.3, 0.4) is 0 Å². The largest absolute Gasteiger partial charge is 0.355 e. The number of benzene rings is 1. The van der Waals surface area contributed by atoms with Crippen LogP contribution < -0.4 is 10.9 Å². The first-order chi connectivity index (χ1) is 15.0. The Labute approximate surface area is 180 Å². The minimum atomic E-state index is -0.311. The highest BCUT2D eigenvalue weighted by Crippen LogP contribution is 2.31. The number of hydrogen-bond acceptors (Lipinski definition) is 4. The van der Waals surface area contributed by atoms with Crippen molar-refractivity contribution in [1.82, 2.24) is 20.2 Å². The standard InChI is InChI=1S/C24H27FN4O2/c1-3-16-12-21-22(28-24(16)31)10-15(13-27-21)14-29-8-6-17(7-9-29)19-5-4-18(11-20(19)25)23(30)26-2/h4-5,10-13,17H,3,6-9,14H2,1-2H3,(H,26,30)(H,28,31). The first-order valence-electron chi connectivity index (χ1n) is 10.7. The molecule has 7 heteroatoms. The number of H-pyrrole nitrogens is 1. The van der Waals surface area contributed by atoms with E-state index < -0.39 is 0 Å². The molecule has 1 aromatic carbocycles. The van der Waals surface area contributed by atoms with Gasteiger partial charge in [-0.2, -0.15) is 0 Å². The van der Waals surface area contributed by atoms with Crippen LogP contribution in [0, 0.1) is 5.82 Å². The predicted octanol–water partition coefficient (Wildman–Crippen LogP) is 3.36. The molecule has 0 bridgehead atoms. The molecule has 0 unspecified atom stereocenters. The molecule has 162 valence electrons. The van der Waals surface area contributed by atoms with E-state index in [-0.39, 0.29) is 23.2 Å². The number of halogens is 1. The SMILES string of the molecule is CCc1cc2ncc(CN3CCC(c4ccc(C(=O)NC)cc4F)CC3)cc2[nH]c1=O. The maximum absolute atomic E-state index is 14.6. The molecule has 1 aliphatic rings. The zero-order valence-corrected chi connectivity index (χ0v) is 17.9. The van der Waals surface area contributed by atoms with Crippen LogP contribution in [0.1, 0.15) is 52.7 Å². The number of pyridine rings is 2. The fourth-order valence-corrected chi connectivity index (χ4v) is 4.32. The normalized spacial score (nSPS) is 15.3. The number of likely N-dealkylation sites (tertiary alicyclic amines) is 1. The van der Waals surface area contributed by atoms with Crippen LogP contribution in [0.4, 0.5) is 4.39 Å². The summed E-state index contributed by atoms with van der Waals surface area (Å²) >= 11 is 0. The topological polar surface area (TPSA) is 78.1 Å². The Morgan fingerprint density at radius 1 is 1.26 bits per heavy atom. The summed E-state index contributed by atoms with van der Waals surface area (Å²) in [5.41, 5.74) is 4.32. The molecule has 0 aliphatic carbocycles. The van der Waals surface area contributed by atoms with Gasteiger partial charge in [0.1, 0.15) is 5.82 Å². The van der Waals surface area contributed by atoms with Crippen molar-refractivity contribution in [3.05, 3.63) is 75.0 Å². The van der Waals surface area contributed by atoms with Gasteiger partial charge in [0, 0.05) is 30.9 Å². The maximum Gasteiger partial charge on any atom is 0.251 e. The highest BCUT2D eigenvalue weighted by Gasteiger charge is 2.23. The van der Waals surface area contributed by atoms with Crippen molar-refractivity contribution in [3.8, 4) is 0 Å². The van der Waals surface area contributed by atoms with Crippen molar-refractivity contribution < 1.29 is 9.18 Å². The summed E-state index contributed by atoms with van der Waals surface area (Å²) in [6.07, 6.45) is 4.25. The average molecular weight is 423 g/mol. The molecular formula is C24H27FN4O2. The number of nitrogens with one attached hydrogen (secondary N) is 2. The Morgan fingerprint density at radius 3 is 2.71 bits per heavy atom. The smallest absolute Gasteiger partial charge is 0.251 e. The summed E-state index contributed by atoms with van der Waals surface area (Å²) in [4.78, 5) is 33.6. The van der Waals surface area contributed by atoms with Gasteiger partial charge in [0.05, 0.1) is 11.0 Å². The molecule has 6 nitrogen and oxygen atoms in total. The van der Waals surface area contributed by atoms with Gasteiger partial charge in [-0.3, -0.25) is 19.5 Å². The van der Waals surface area contributed by atoms with Gasteiger partial charge < -0.3 is 10.3 Å². The lowest BCUT2D eigenvalue weighted by Crippen LogP contribution is -2.32. The van der Waals surface area contributed by atoms with Crippen molar-refractivity contribution in [2.45, 2.75) is 38.6 Å². The van der Waals surface area contributed by atoms with Gasteiger partial charge in [0.15, 0.2) is 0 Å². The van der Waals surface area contributed by atoms with Crippen LogP contribution in [0.15, 0.2) is 41.3 Å². The van der Waals surface area contributed by atoms with Crippen molar-refractivity contribution in [3.63, 3.8) is 0 Å². The van der Waals surface area contributed by atoms with Crippen LogP contribution in [-0.4, -0.2) is 40.9 Å². The van der Waals surface area contributed by atoms with Crippen molar-refractivity contribution in [2.24, 2.45) is 0 Å². The Morgan fingerprint density at radius 2 is 2.03 bits per heavy atom. The summed E-state index contributed by atoms with van der Waals surface area (Å²) in [7, 11) is 1.54. The number of nitrogens with zero attached hydrogens (tertiary/aromatic N) is 2. The number of fused-ring (bicyclic) bond motifs is 1. The number of aryl methyl sites for hydroxylation is 1. The van der Waals surface area contributed by atoms with Gasteiger partial charge in [-0.15, -0.1) is 0 Å². The summed E-state index contributed by atoms with van der Waals surface area (Å²) in [5, 5.41) is 2.52. The first-order valence-corrected chi connectivity index (χ1v) is 10.7. The number of piperidine rings is 1. The second-order valence-electron chi connectivity index (χ2n) is 8.12. The fraction of sp³-hybridized carbons (Fsp3) is 0.375. The van der Waals surface area contributed by atoms with Crippen LogP contribution >= 0.6 is 0 Å². The highest BCUT2D eigenvalue weighted by molar-refractivity contribution is 5.94. The molecule has 0 spiro atoms. The van der Waals surface area contributed by atoms with Gasteiger partial charge >= 0.3 is 0 Å². The average Bonchev–Trinajstić information content (AvgIpc) is 2.78. The zero-order chi connectivity index (χ0) is 22.0.